The maximum absolute atomic E-state index is 11.7. The number of hydrogen-bond donors (Lipinski definition) is 1. The maximum Gasteiger partial charge on any atom is 0.282 e. The second-order valence-electron chi connectivity index (χ2n) is 3.86. The fourth-order valence-electron chi connectivity index (χ4n) is 1.55. The van der Waals surface area contributed by atoms with Crippen molar-refractivity contribution in [1.82, 2.24) is 14.5 Å². The van der Waals surface area contributed by atoms with Crippen LogP contribution in [-0.2, 0) is 7.05 Å². The van der Waals surface area contributed by atoms with Gasteiger partial charge in [0, 0.05) is 18.4 Å². The van der Waals surface area contributed by atoms with Crippen LogP contribution in [0.3, 0.4) is 0 Å². The van der Waals surface area contributed by atoms with E-state index in [2.05, 4.69) is 26.5 Å². The molecule has 0 atom stereocenters. The van der Waals surface area contributed by atoms with Crippen LogP contribution in [0.4, 0.5) is 5.69 Å². The zero-order valence-corrected chi connectivity index (χ0v) is 11.4. The summed E-state index contributed by atoms with van der Waals surface area (Å²) in [7, 11) is 1.61. The first-order valence-corrected chi connectivity index (χ1v) is 5.94. The van der Waals surface area contributed by atoms with E-state index in [4.69, 9.17) is 0 Å². The highest BCUT2D eigenvalue weighted by atomic mass is 79.9. The Morgan fingerprint density at radius 3 is 2.47 bits per heavy atom. The van der Waals surface area contributed by atoms with Crippen molar-refractivity contribution >= 4 is 21.6 Å². The van der Waals surface area contributed by atoms with Crippen LogP contribution in [0.1, 0.15) is 11.4 Å². The number of rotatable bonds is 2. The molecule has 0 unspecified atom stereocenters. The summed E-state index contributed by atoms with van der Waals surface area (Å²) in [6.45, 7) is 3.98. The van der Waals surface area contributed by atoms with E-state index < -0.39 is 0 Å². The smallest absolute Gasteiger partial charge is 0.282 e. The normalized spacial score (nSPS) is 10.6. The number of hydrogen-bond acceptors (Lipinski definition) is 3. The SMILES string of the molecule is Cc1ccc(C)n1Nc1cnn(C)c(=O)c1Br. The standard InChI is InChI=1S/C11H13BrN4O/c1-7-4-5-8(2)16(7)14-9-6-13-15(3)11(17)10(9)12/h4-6,14H,1-3H3. The molecule has 0 saturated carbocycles. The fraction of sp³-hybridized carbons (Fsp3) is 0.273. The molecule has 0 radical (unpaired) electrons. The largest absolute Gasteiger partial charge is 0.291 e. The highest BCUT2D eigenvalue weighted by Gasteiger charge is 2.08. The number of aromatic nitrogens is 3. The lowest BCUT2D eigenvalue weighted by Crippen LogP contribution is -2.23. The van der Waals surface area contributed by atoms with Gasteiger partial charge in [0.05, 0.1) is 11.9 Å². The van der Waals surface area contributed by atoms with Gasteiger partial charge in [-0.2, -0.15) is 5.10 Å². The van der Waals surface area contributed by atoms with E-state index in [1.54, 1.807) is 13.2 Å². The van der Waals surface area contributed by atoms with E-state index in [0.717, 1.165) is 11.4 Å². The van der Waals surface area contributed by atoms with Gasteiger partial charge in [-0.1, -0.05) is 0 Å². The number of aryl methyl sites for hydroxylation is 3. The van der Waals surface area contributed by atoms with E-state index in [0.29, 0.717) is 10.2 Å². The summed E-state index contributed by atoms with van der Waals surface area (Å²) >= 11 is 3.28. The molecule has 2 rings (SSSR count). The predicted octanol–water partition coefficient (Wildman–Crippen LogP) is 1.84. The Bertz CT molecular complexity index is 595. The Labute approximate surface area is 107 Å². The van der Waals surface area contributed by atoms with Gasteiger partial charge in [-0.05, 0) is 41.9 Å². The molecule has 6 heteroatoms. The third-order valence-electron chi connectivity index (χ3n) is 2.58. The van der Waals surface area contributed by atoms with Crippen molar-refractivity contribution in [3.05, 3.63) is 44.5 Å². The van der Waals surface area contributed by atoms with Gasteiger partial charge in [-0.15, -0.1) is 0 Å². The van der Waals surface area contributed by atoms with Crippen LogP contribution < -0.4 is 11.0 Å². The minimum absolute atomic E-state index is 0.169. The average Bonchev–Trinajstić information content (AvgIpc) is 2.61. The van der Waals surface area contributed by atoms with Gasteiger partial charge in [-0.3, -0.25) is 14.9 Å². The molecule has 5 nitrogen and oxygen atoms in total. The molecule has 0 aliphatic rings. The monoisotopic (exact) mass is 296 g/mol. The summed E-state index contributed by atoms with van der Waals surface area (Å²) in [4.78, 5) is 11.7. The van der Waals surface area contributed by atoms with E-state index in [9.17, 15) is 4.79 Å². The summed E-state index contributed by atoms with van der Waals surface area (Å²) in [5, 5.41) is 3.98. The lowest BCUT2D eigenvalue weighted by molar-refractivity contribution is 0.701. The molecule has 0 bridgehead atoms. The van der Waals surface area contributed by atoms with Crippen LogP contribution in [0, 0.1) is 13.8 Å². The molecule has 90 valence electrons. The molecule has 0 aromatic carbocycles. The summed E-state index contributed by atoms with van der Waals surface area (Å²) in [5.74, 6) is 0. The molecular weight excluding hydrogens is 284 g/mol. The molecule has 2 aromatic heterocycles. The number of nitrogens with one attached hydrogen (secondary N) is 1. The van der Waals surface area contributed by atoms with Crippen molar-refractivity contribution in [2.24, 2.45) is 7.05 Å². The average molecular weight is 297 g/mol. The molecule has 0 fully saturated rings. The van der Waals surface area contributed by atoms with E-state index in [1.165, 1.54) is 4.68 Å². The van der Waals surface area contributed by atoms with Crippen molar-refractivity contribution in [1.29, 1.82) is 0 Å². The molecule has 0 aliphatic heterocycles. The molecular formula is C11H13BrN4O. The summed E-state index contributed by atoms with van der Waals surface area (Å²) in [6, 6.07) is 4.01. The highest BCUT2D eigenvalue weighted by molar-refractivity contribution is 9.10. The molecule has 0 spiro atoms. The van der Waals surface area contributed by atoms with E-state index in [1.807, 2.05) is 30.7 Å². The molecule has 2 heterocycles. The van der Waals surface area contributed by atoms with Crippen LogP contribution >= 0.6 is 15.9 Å². The number of nitrogens with zero attached hydrogens (tertiary/aromatic N) is 3. The fourth-order valence-corrected chi connectivity index (χ4v) is 2.00. The van der Waals surface area contributed by atoms with Crippen LogP contribution in [0.2, 0.25) is 0 Å². The van der Waals surface area contributed by atoms with Gasteiger partial charge >= 0.3 is 0 Å². The second kappa shape index (κ2) is 4.37. The summed E-state index contributed by atoms with van der Waals surface area (Å²) < 4.78 is 3.66. The van der Waals surface area contributed by atoms with Crippen molar-refractivity contribution in [3.63, 3.8) is 0 Å². The molecule has 1 N–H and O–H groups in total. The van der Waals surface area contributed by atoms with Gasteiger partial charge in [-0.25, -0.2) is 4.68 Å². The van der Waals surface area contributed by atoms with E-state index >= 15 is 0 Å². The predicted molar refractivity (Wildman–Crippen MR) is 70.1 cm³/mol. The topological polar surface area (TPSA) is 51.9 Å². The summed E-state index contributed by atoms with van der Waals surface area (Å²) in [5.41, 5.74) is 5.76. The van der Waals surface area contributed by atoms with Crippen LogP contribution in [0.25, 0.3) is 0 Å². The quantitative estimate of drug-likeness (QED) is 0.920. The second-order valence-corrected chi connectivity index (χ2v) is 4.66. The Kier molecular flexibility index (Phi) is 3.06. The van der Waals surface area contributed by atoms with Crippen molar-refractivity contribution in [2.75, 3.05) is 5.43 Å². The van der Waals surface area contributed by atoms with Gasteiger partial charge < -0.3 is 0 Å². The first-order valence-electron chi connectivity index (χ1n) is 5.14. The zero-order chi connectivity index (χ0) is 12.6. The molecule has 0 aliphatic carbocycles. The van der Waals surface area contributed by atoms with Gasteiger partial charge in [0.25, 0.3) is 5.56 Å². The van der Waals surface area contributed by atoms with Crippen LogP contribution in [0.5, 0.6) is 0 Å². The van der Waals surface area contributed by atoms with Crippen LogP contribution in [0.15, 0.2) is 27.6 Å². The third-order valence-corrected chi connectivity index (χ3v) is 3.35. The Morgan fingerprint density at radius 2 is 1.88 bits per heavy atom. The summed E-state index contributed by atoms with van der Waals surface area (Å²) in [6.07, 6.45) is 1.62. The lowest BCUT2D eigenvalue weighted by atomic mass is 10.5. The van der Waals surface area contributed by atoms with Crippen molar-refractivity contribution < 1.29 is 0 Å². The number of anilines is 1. The lowest BCUT2D eigenvalue weighted by Gasteiger charge is -2.13. The first kappa shape index (κ1) is 11.9. The number of halogens is 1. The van der Waals surface area contributed by atoms with Gasteiger partial charge in [0.15, 0.2) is 0 Å². The Hall–Kier alpha value is -1.56. The van der Waals surface area contributed by atoms with Crippen molar-refractivity contribution in [2.45, 2.75) is 13.8 Å². The Morgan fingerprint density at radius 1 is 1.29 bits per heavy atom. The molecule has 17 heavy (non-hydrogen) atoms. The van der Waals surface area contributed by atoms with Gasteiger partial charge in [0.2, 0.25) is 0 Å². The minimum atomic E-state index is -0.169. The molecule has 0 saturated heterocycles. The Balaban J connectivity index is 2.44. The van der Waals surface area contributed by atoms with E-state index in [-0.39, 0.29) is 5.56 Å². The van der Waals surface area contributed by atoms with Gasteiger partial charge in [0.1, 0.15) is 4.47 Å². The third kappa shape index (κ3) is 2.12. The highest BCUT2D eigenvalue weighted by Crippen LogP contribution is 2.17. The maximum atomic E-state index is 11.7. The van der Waals surface area contributed by atoms with Crippen LogP contribution in [-0.4, -0.2) is 14.5 Å². The minimum Gasteiger partial charge on any atom is -0.291 e. The molecule has 2 aromatic rings. The zero-order valence-electron chi connectivity index (χ0n) is 9.86. The molecule has 0 amide bonds. The first-order chi connectivity index (χ1) is 8.00. The van der Waals surface area contributed by atoms with Crippen molar-refractivity contribution in [3.8, 4) is 0 Å².